The summed E-state index contributed by atoms with van der Waals surface area (Å²) >= 11 is 0. The molecular weight excluding hydrogens is 212 g/mol. The van der Waals surface area contributed by atoms with Crippen molar-refractivity contribution in [3.63, 3.8) is 0 Å². The topological polar surface area (TPSA) is 26.3 Å². The minimum atomic E-state index is -0.0885. The normalized spacial score (nSPS) is 12.5. The van der Waals surface area contributed by atoms with Gasteiger partial charge in [-0.25, -0.2) is 0 Å². The van der Waals surface area contributed by atoms with E-state index in [9.17, 15) is 4.79 Å². The van der Waals surface area contributed by atoms with Gasteiger partial charge in [0, 0.05) is 6.42 Å². The lowest BCUT2D eigenvalue weighted by atomic mass is 9.92. The third-order valence-electron chi connectivity index (χ3n) is 2.83. The van der Waals surface area contributed by atoms with Crippen LogP contribution in [0.15, 0.2) is 30.3 Å². The molecule has 0 unspecified atom stereocenters. The van der Waals surface area contributed by atoms with Gasteiger partial charge in [0.05, 0.1) is 6.10 Å². The van der Waals surface area contributed by atoms with Gasteiger partial charge in [0.15, 0.2) is 0 Å². The molecule has 0 N–H and O–H groups in total. The van der Waals surface area contributed by atoms with E-state index in [1.807, 2.05) is 32.0 Å². The number of carbonyl (C=O) groups excluding carboxylic acids is 1. The highest BCUT2D eigenvalue weighted by Crippen LogP contribution is 2.24. The molecule has 1 rings (SSSR count). The largest absolute Gasteiger partial charge is 0.463 e. The monoisotopic (exact) mass is 234 g/mol. The number of rotatable bonds is 6. The molecule has 0 aliphatic heterocycles. The molecule has 0 saturated carbocycles. The van der Waals surface area contributed by atoms with E-state index in [4.69, 9.17) is 4.74 Å². The van der Waals surface area contributed by atoms with E-state index in [0.29, 0.717) is 12.3 Å². The third kappa shape index (κ3) is 5.03. The van der Waals surface area contributed by atoms with E-state index in [1.54, 1.807) is 0 Å². The average molecular weight is 234 g/mol. The van der Waals surface area contributed by atoms with Gasteiger partial charge in [0.2, 0.25) is 0 Å². The van der Waals surface area contributed by atoms with E-state index < -0.39 is 0 Å². The fraction of sp³-hybridized carbons (Fsp3) is 0.533. The van der Waals surface area contributed by atoms with Crippen molar-refractivity contribution in [1.82, 2.24) is 0 Å². The summed E-state index contributed by atoms with van der Waals surface area (Å²) in [6.45, 7) is 5.92. The first-order valence-corrected chi connectivity index (χ1v) is 6.38. The summed E-state index contributed by atoms with van der Waals surface area (Å²) in [7, 11) is 0. The lowest BCUT2D eigenvalue weighted by Gasteiger charge is -2.15. The Balaban J connectivity index is 2.46. The van der Waals surface area contributed by atoms with Gasteiger partial charge < -0.3 is 4.74 Å². The van der Waals surface area contributed by atoms with E-state index in [2.05, 4.69) is 19.1 Å². The molecule has 0 aromatic heterocycles. The molecule has 0 spiro atoms. The highest BCUT2D eigenvalue weighted by molar-refractivity contribution is 5.69. The maximum absolute atomic E-state index is 11.5. The maximum atomic E-state index is 11.5. The summed E-state index contributed by atoms with van der Waals surface area (Å²) in [6.07, 6.45) is 2.41. The smallest absolute Gasteiger partial charge is 0.306 e. The lowest BCUT2D eigenvalue weighted by Crippen LogP contribution is -2.12. The zero-order valence-corrected chi connectivity index (χ0v) is 11.0. The highest BCUT2D eigenvalue weighted by Gasteiger charge is 2.12. The van der Waals surface area contributed by atoms with Crippen LogP contribution in [-0.4, -0.2) is 12.1 Å². The molecule has 1 atom stereocenters. The van der Waals surface area contributed by atoms with Crippen molar-refractivity contribution in [2.45, 2.75) is 52.1 Å². The van der Waals surface area contributed by atoms with E-state index in [0.717, 1.165) is 12.8 Å². The number of ether oxygens (including phenoxy) is 1. The van der Waals surface area contributed by atoms with Crippen LogP contribution in [0.2, 0.25) is 0 Å². The molecule has 0 fully saturated rings. The molecule has 1 aromatic rings. The summed E-state index contributed by atoms with van der Waals surface area (Å²) < 4.78 is 5.14. The Kier molecular flexibility index (Phi) is 5.75. The van der Waals surface area contributed by atoms with Crippen molar-refractivity contribution in [3.05, 3.63) is 35.9 Å². The van der Waals surface area contributed by atoms with Gasteiger partial charge >= 0.3 is 5.97 Å². The Morgan fingerprint density at radius 3 is 2.41 bits per heavy atom. The predicted octanol–water partition coefficient (Wildman–Crippen LogP) is 3.91. The van der Waals surface area contributed by atoms with Gasteiger partial charge in [-0.15, -0.1) is 0 Å². The van der Waals surface area contributed by atoms with Gasteiger partial charge in [-0.05, 0) is 38.2 Å². The van der Waals surface area contributed by atoms with Crippen LogP contribution in [0.5, 0.6) is 0 Å². The van der Waals surface area contributed by atoms with Crippen LogP contribution < -0.4 is 0 Å². The summed E-state index contributed by atoms with van der Waals surface area (Å²) in [6, 6.07) is 10.4. The average Bonchev–Trinajstić information content (AvgIpc) is 2.30. The number of carbonyl (C=O) groups is 1. The van der Waals surface area contributed by atoms with E-state index in [-0.39, 0.29) is 12.1 Å². The van der Waals surface area contributed by atoms with Gasteiger partial charge in [-0.3, -0.25) is 4.79 Å². The molecule has 0 aliphatic carbocycles. The zero-order chi connectivity index (χ0) is 12.7. The van der Waals surface area contributed by atoms with Crippen molar-refractivity contribution < 1.29 is 9.53 Å². The molecule has 17 heavy (non-hydrogen) atoms. The van der Waals surface area contributed by atoms with Gasteiger partial charge in [0.25, 0.3) is 0 Å². The predicted molar refractivity (Wildman–Crippen MR) is 69.9 cm³/mol. The van der Waals surface area contributed by atoms with Gasteiger partial charge in [-0.1, -0.05) is 37.3 Å². The maximum Gasteiger partial charge on any atom is 0.306 e. The van der Waals surface area contributed by atoms with Crippen LogP contribution in [0.3, 0.4) is 0 Å². The Morgan fingerprint density at radius 2 is 1.88 bits per heavy atom. The van der Waals surface area contributed by atoms with E-state index >= 15 is 0 Å². The first-order valence-electron chi connectivity index (χ1n) is 6.38. The molecule has 0 amide bonds. The van der Waals surface area contributed by atoms with Crippen LogP contribution in [-0.2, 0) is 9.53 Å². The minimum Gasteiger partial charge on any atom is -0.463 e. The van der Waals surface area contributed by atoms with Crippen molar-refractivity contribution in [2.75, 3.05) is 0 Å². The van der Waals surface area contributed by atoms with Crippen molar-refractivity contribution in [2.24, 2.45) is 0 Å². The standard InChI is InChI=1S/C15H22O2/c1-4-13(14-8-6-5-7-9-14)10-11-15(16)17-12(2)3/h5-9,12-13H,4,10-11H2,1-3H3/t13-/m0/s1. The molecule has 0 saturated heterocycles. The highest BCUT2D eigenvalue weighted by atomic mass is 16.5. The second-order valence-corrected chi connectivity index (χ2v) is 4.59. The number of hydrogen-bond donors (Lipinski definition) is 0. The van der Waals surface area contributed by atoms with Crippen LogP contribution in [0.1, 0.15) is 51.5 Å². The molecule has 94 valence electrons. The van der Waals surface area contributed by atoms with Crippen molar-refractivity contribution in [3.8, 4) is 0 Å². The Hall–Kier alpha value is -1.31. The van der Waals surface area contributed by atoms with Crippen molar-refractivity contribution >= 4 is 5.97 Å². The SMILES string of the molecule is CC[C@@H](CCC(=O)OC(C)C)c1ccccc1. The third-order valence-corrected chi connectivity index (χ3v) is 2.83. The van der Waals surface area contributed by atoms with Crippen LogP contribution in [0.25, 0.3) is 0 Å². The van der Waals surface area contributed by atoms with Crippen LogP contribution >= 0.6 is 0 Å². The molecule has 0 aliphatic rings. The fourth-order valence-electron chi connectivity index (χ4n) is 1.95. The Bertz CT molecular complexity index is 330. The molecule has 2 nitrogen and oxygen atoms in total. The number of hydrogen-bond acceptors (Lipinski definition) is 2. The fourth-order valence-corrected chi connectivity index (χ4v) is 1.95. The van der Waals surface area contributed by atoms with Gasteiger partial charge in [0.1, 0.15) is 0 Å². The Labute approximate surface area is 104 Å². The minimum absolute atomic E-state index is 0.0145. The first kappa shape index (κ1) is 13.8. The van der Waals surface area contributed by atoms with Crippen molar-refractivity contribution in [1.29, 1.82) is 0 Å². The molecule has 0 radical (unpaired) electrons. The van der Waals surface area contributed by atoms with Crippen LogP contribution in [0, 0.1) is 0 Å². The first-order chi connectivity index (χ1) is 8.13. The molecule has 0 bridgehead atoms. The zero-order valence-electron chi connectivity index (χ0n) is 11.0. The summed E-state index contributed by atoms with van der Waals surface area (Å²) in [5.41, 5.74) is 1.31. The quantitative estimate of drug-likeness (QED) is 0.697. The molecule has 1 aromatic carbocycles. The molecule has 0 heterocycles. The number of benzene rings is 1. The second-order valence-electron chi connectivity index (χ2n) is 4.59. The summed E-state index contributed by atoms with van der Waals surface area (Å²) in [5.74, 6) is 0.366. The molecule has 2 heteroatoms. The van der Waals surface area contributed by atoms with Crippen LogP contribution in [0.4, 0.5) is 0 Å². The second kappa shape index (κ2) is 7.10. The lowest BCUT2D eigenvalue weighted by molar-refractivity contribution is -0.147. The van der Waals surface area contributed by atoms with Gasteiger partial charge in [-0.2, -0.15) is 0 Å². The summed E-state index contributed by atoms with van der Waals surface area (Å²) in [5, 5.41) is 0. The summed E-state index contributed by atoms with van der Waals surface area (Å²) in [4.78, 5) is 11.5. The number of esters is 1. The van der Waals surface area contributed by atoms with E-state index in [1.165, 1.54) is 5.56 Å². The Morgan fingerprint density at radius 1 is 1.24 bits per heavy atom. The molecular formula is C15H22O2.